The number of hydrogen-bond acceptors (Lipinski definition) is 5. The van der Waals surface area contributed by atoms with Crippen molar-refractivity contribution in [2.45, 2.75) is 6.54 Å². The van der Waals surface area contributed by atoms with Crippen LogP contribution in [0.5, 0.6) is 5.75 Å². The summed E-state index contributed by atoms with van der Waals surface area (Å²) >= 11 is 4.51. The number of halogens is 1. The number of carbonyl (C=O) groups is 2. The van der Waals surface area contributed by atoms with E-state index < -0.39 is 35.3 Å². The van der Waals surface area contributed by atoms with Crippen LogP contribution in [0, 0.1) is 0 Å². The Morgan fingerprint density at radius 1 is 1.23 bits per heavy atom. The van der Waals surface area contributed by atoms with Crippen molar-refractivity contribution in [1.82, 2.24) is 9.88 Å². The van der Waals surface area contributed by atoms with Gasteiger partial charge in [0.1, 0.15) is 12.1 Å². The number of fused-ring (bicyclic) bond motifs is 1. The molecule has 1 amide bonds. The number of nitrogens with one attached hydrogen (secondary N) is 1. The maximum Gasteiger partial charge on any atom is 0.322 e. The van der Waals surface area contributed by atoms with Crippen LogP contribution in [-0.4, -0.2) is 33.2 Å². The van der Waals surface area contributed by atoms with E-state index in [0.29, 0.717) is 14.0 Å². The summed E-state index contributed by atoms with van der Waals surface area (Å²) in [7, 11) is 0. The Labute approximate surface area is 159 Å². The van der Waals surface area contributed by atoms with Gasteiger partial charge in [0.25, 0.3) is 11.5 Å². The Morgan fingerprint density at radius 2 is 1.92 bits per heavy atom. The number of benzene rings is 1. The van der Waals surface area contributed by atoms with Crippen LogP contribution in [-0.2, 0) is 11.3 Å². The van der Waals surface area contributed by atoms with E-state index in [2.05, 4.69) is 21.2 Å². The molecule has 0 saturated heterocycles. The predicted molar refractivity (Wildman–Crippen MR) is 101 cm³/mol. The Balaban J connectivity index is 2.18. The molecule has 0 fully saturated rings. The zero-order valence-corrected chi connectivity index (χ0v) is 15.6. The number of carbonyl (C=O) groups excluding carboxylic acids is 1. The van der Waals surface area contributed by atoms with E-state index in [-0.39, 0.29) is 6.54 Å². The van der Waals surface area contributed by atoms with Gasteiger partial charge in [-0.3, -0.25) is 14.4 Å². The van der Waals surface area contributed by atoms with Crippen LogP contribution in [0.3, 0.4) is 0 Å². The minimum atomic E-state index is -1.25. The van der Waals surface area contributed by atoms with Gasteiger partial charge in [-0.1, -0.05) is 30.3 Å². The molecule has 0 aliphatic carbocycles. The molecule has 2 heterocycles. The van der Waals surface area contributed by atoms with E-state index in [4.69, 9.17) is 5.11 Å². The average molecular weight is 437 g/mol. The molecule has 7 nitrogen and oxygen atoms in total. The van der Waals surface area contributed by atoms with Crippen molar-refractivity contribution in [3.63, 3.8) is 0 Å². The third-order valence-corrected chi connectivity index (χ3v) is 5.33. The summed E-state index contributed by atoms with van der Waals surface area (Å²) in [6, 6.07) is 10.9. The fraction of sp³-hybridized carbons (Fsp3) is 0.118. The standard InChI is InChI=1S/C17H13BrN2O5S/c18-11-6-10-15(26-11)14(23)13(16(24)19-7-12(21)22)17(25)20(10)8-9-4-2-1-3-5-9/h1-6,23H,7-8H2,(H,19,24)(H,21,22). The van der Waals surface area contributed by atoms with Crippen molar-refractivity contribution in [2.24, 2.45) is 0 Å². The van der Waals surface area contributed by atoms with E-state index in [9.17, 15) is 19.5 Å². The van der Waals surface area contributed by atoms with Crippen LogP contribution < -0.4 is 10.9 Å². The maximum atomic E-state index is 12.9. The van der Waals surface area contributed by atoms with Crippen molar-refractivity contribution < 1.29 is 19.8 Å². The number of aromatic hydroxyl groups is 1. The van der Waals surface area contributed by atoms with E-state index >= 15 is 0 Å². The molecule has 0 unspecified atom stereocenters. The normalized spacial score (nSPS) is 10.8. The van der Waals surface area contributed by atoms with Gasteiger partial charge in [-0.2, -0.15) is 0 Å². The zero-order chi connectivity index (χ0) is 18.8. The number of carboxylic acid groups (broad SMARTS) is 1. The summed E-state index contributed by atoms with van der Waals surface area (Å²) in [6.07, 6.45) is 0. The van der Waals surface area contributed by atoms with Crippen molar-refractivity contribution in [2.75, 3.05) is 6.54 Å². The second-order valence-corrected chi connectivity index (χ2v) is 7.87. The Bertz CT molecular complexity index is 1060. The van der Waals surface area contributed by atoms with Gasteiger partial charge in [0.05, 0.1) is 20.5 Å². The van der Waals surface area contributed by atoms with Gasteiger partial charge >= 0.3 is 5.97 Å². The second kappa shape index (κ2) is 7.30. The summed E-state index contributed by atoms with van der Waals surface area (Å²) in [5.74, 6) is -2.63. The first kappa shape index (κ1) is 18.2. The number of rotatable bonds is 5. The quantitative estimate of drug-likeness (QED) is 0.568. The number of hydrogen-bond donors (Lipinski definition) is 3. The molecule has 0 saturated carbocycles. The Morgan fingerprint density at radius 3 is 2.58 bits per heavy atom. The van der Waals surface area contributed by atoms with Crippen molar-refractivity contribution in [1.29, 1.82) is 0 Å². The van der Waals surface area contributed by atoms with Gasteiger partial charge in [-0.05, 0) is 27.6 Å². The van der Waals surface area contributed by atoms with Crippen molar-refractivity contribution in [3.8, 4) is 5.75 Å². The number of pyridine rings is 1. The van der Waals surface area contributed by atoms with E-state index in [0.717, 1.165) is 5.56 Å². The smallest absolute Gasteiger partial charge is 0.322 e. The zero-order valence-electron chi connectivity index (χ0n) is 13.2. The van der Waals surface area contributed by atoms with Gasteiger partial charge in [0.2, 0.25) is 0 Å². The van der Waals surface area contributed by atoms with Gasteiger partial charge in [0, 0.05) is 0 Å². The molecule has 134 valence electrons. The molecule has 3 rings (SSSR count). The first-order valence-electron chi connectivity index (χ1n) is 7.47. The highest BCUT2D eigenvalue weighted by Crippen LogP contribution is 2.36. The fourth-order valence-corrected chi connectivity index (χ4v) is 4.09. The first-order chi connectivity index (χ1) is 12.4. The van der Waals surface area contributed by atoms with Crippen molar-refractivity contribution >= 4 is 49.4 Å². The average Bonchev–Trinajstić information content (AvgIpc) is 3.00. The number of carboxylic acids is 1. The highest BCUT2D eigenvalue weighted by molar-refractivity contribution is 9.11. The molecule has 0 bridgehead atoms. The van der Waals surface area contributed by atoms with Crippen LogP contribution in [0.15, 0.2) is 45.0 Å². The number of nitrogens with zero attached hydrogens (tertiary/aromatic N) is 1. The summed E-state index contributed by atoms with van der Waals surface area (Å²) in [6.45, 7) is -0.443. The highest BCUT2D eigenvalue weighted by atomic mass is 79.9. The Kier molecular flexibility index (Phi) is 5.10. The summed E-state index contributed by atoms with van der Waals surface area (Å²) < 4.78 is 2.45. The molecular weight excluding hydrogens is 424 g/mol. The lowest BCUT2D eigenvalue weighted by Gasteiger charge is -2.12. The van der Waals surface area contributed by atoms with E-state index in [1.807, 2.05) is 30.3 Å². The third-order valence-electron chi connectivity index (χ3n) is 3.69. The molecule has 0 aliphatic rings. The molecule has 1 aromatic carbocycles. The van der Waals surface area contributed by atoms with Crippen LogP contribution in [0.4, 0.5) is 0 Å². The molecule has 0 spiro atoms. The molecular formula is C17H13BrN2O5S. The molecule has 0 atom stereocenters. The van der Waals surface area contributed by atoms with Gasteiger partial charge in [0.15, 0.2) is 5.75 Å². The summed E-state index contributed by atoms with van der Waals surface area (Å²) in [4.78, 5) is 35.8. The summed E-state index contributed by atoms with van der Waals surface area (Å²) in [5.41, 5.74) is 0.180. The molecule has 9 heteroatoms. The molecule has 0 aliphatic heterocycles. The first-order valence-corrected chi connectivity index (χ1v) is 9.08. The van der Waals surface area contributed by atoms with E-state index in [1.165, 1.54) is 15.9 Å². The molecule has 0 radical (unpaired) electrons. The Hall–Kier alpha value is -2.65. The van der Waals surface area contributed by atoms with Crippen LogP contribution in [0.2, 0.25) is 0 Å². The number of amides is 1. The minimum absolute atomic E-state index is 0.207. The lowest BCUT2D eigenvalue weighted by atomic mass is 10.1. The summed E-state index contributed by atoms with van der Waals surface area (Å²) in [5, 5.41) is 21.3. The lowest BCUT2D eigenvalue weighted by molar-refractivity contribution is -0.135. The molecule has 2 aromatic heterocycles. The highest BCUT2D eigenvalue weighted by Gasteiger charge is 2.24. The molecule has 3 N–H and O–H groups in total. The second-order valence-electron chi connectivity index (χ2n) is 5.44. The minimum Gasteiger partial charge on any atom is -0.505 e. The fourth-order valence-electron chi connectivity index (χ4n) is 2.55. The third kappa shape index (κ3) is 3.49. The molecule has 26 heavy (non-hydrogen) atoms. The van der Waals surface area contributed by atoms with Gasteiger partial charge in [-0.15, -0.1) is 11.3 Å². The number of aromatic nitrogens is 1. The van der Waals surface area contributed by atoms with Crippen LogP contribution >= 0.6 is 27.3 Å². The van der Waals surface area contributed by atoms with Crippen molar-refractivity contribution in [3.05, 3.63) is 61.7 Å². The number of thiophene rings is 1. The largest absolute Gasteiger partial charge is 0.505 e. The maximum absolute atomic E-state index is 12.9. The molecule has 3 aromatic rings. The lowest BCUT2D eigenvalue weighted by Crippen LogP contribution is -2.35. The SMILES string of the molecule is O=C(O)CNC(=O)c1c(O)c2sc(Br)cc2n(Cc2ccccc2)c1=O. The van der Waals surface area contributed by atoms with Crippen LogP contribution in [0.25, 0.3) is 10.2 Å². The van der Waals surface area contributed by atoms with Gasteiger partial charge in [-0.25, -0.2) is 0 Å². The monoisotopic (exact) mass is 436 g/mol. The van der Waals surface area contributed by atoms with E-state index in [1.54, 1.807) is 6.07 Å². The topological polar surface area (TPSA) is 109 Å². The van der Waals surface area contributed by atoms with Gasteiger partial charge < -0.3 is 20.1 Å². The predicted octanol–water partition coefficient (Wildman–Crippen LogP) is 2.39. The van der Waals surface area contributed by atoms with Crippen LogP contribution in [0.1, 0.15) is 15.9 Å². The number of aliphatic carboxylic acids is 1.